The van der Waals surface area contributed by atoms with Gasteiger partial charge >= 0.3 is 0 Å². The van der Waals surface area contributed by atoms with E-state index in [9.17, 15) is 0 Å². The van der Waals surface area contributed by atoms with Gasteiger partial charge in [0.1, 0.15) is 0 Å². The highest BCUT2D eigenvalue weighted by Gasteiger charge is 2.14. The van der Waals surface area contributed by atoms with Gasteiger partial charge < -0.3 is 0 Å². The van der Waals surface area contributed by atoms with Crippen molar-refractivity contribution in [2.45, 2.75) is 11.8 Å². The fraction of sp³-hybridized carbons (Fsp3) is 0.143. The number of benzene rings is 2. The van der Waals surface area contributed by atoms with Crippen molar-refractivity contribution in [3.63, 3.8) is 0 Å². The van der Waals surface area contributed by atoms with E-state index in [1.165, 1.54) is 11.1 Å². The number of rotatable bonds is 2. The minimum absolute atomic E-state index is 0.102. The quantitative estimate of drug-likeness (QED) is 0.494. The summed E-state index contributed by atoms with van der Waals surface area (Å²) in [6, 6.07) is 11.9. The summed E-state index contributed by atoms with van der Waals surface area (Å²) < 4.78 is 1.06. The maximum absolute atomic E-state index is 6.05. The zero-order chi connectivity index (χ0) is 13.3. The van der Waals surface area contributed by atoms with Crippen LogP contribution in [0.1, 0.15) is 21.5 Å². The van der Waals surface area contributed by atoms with Gasteiger partial charge in [-0.3, -0.25) is 0 Å². The zero-order valence-corrected chi connectivity index (χ0v) is 14.2. The Hall–Kier alpha value is -0.0200. The molecule has 0 heterocycles. The molecule has 0 nitrogen and oxygen atoms in total. The number of hydrogen-bond acceptors (Lipinski definition) is 0. The van der Waals surface area contributed by atoms with E-state index in [1.54, 1.807) is 0 Å². The molecule has 0 N–H and O–H groups in total. The van der Waals surface area contributed by atoms with Gasteiger partial charge in [-0.2, -0.15) is 0 Å². The van der Waals surface area contributed by atoms with Gasteiger partial charge in [0.25, 0.3) is 0 Å². The van der Waals surface area contributed by atoms with Crippen molar-refractivity contribution >= 4 is 55.1 Å². The molecule has 0 aliphatic carbocycles. The predicted molar refractivity (Wildman–Crippen MR) is 86.1 cm³/mol. The highest BCUT2D eigenvalue weighted by atomic mass is 79.9. The molecule has 0 spiro atoms. The third-order valence-corrected chi connectivity index (χ3v) is 5.00. The number of aryl methyl sites for hydroxylation is 1. The van der Waals surface area contributed by atoms with E-state index in [1.807, 2.05) is 24.3 Å². The molecule has 0 radical (unpaired) electrons. The van der Waals surface area contributed by atoms with Crippen molar-refractivity contribution in [1.29, 1.82) is 0 Å². The Kier molecular flexibility index (Phi) is 4.76. The van der Waals surface area contributed by atoms with Gasteiger partial charge in [-0.15, -0.1) is 0 Å². The summed E-state index contributed by atoms with van der Waals surface area (Å²) in [5.41, 5.74) is 3.53. The first-order valence-corrected chi connectivity index (χ1v) is 7.80. The van der Waals surface area contributed by atoms with E-state index in [4.69, 9.17) is 23.2 Å². The van der Waals surface area contributed by atoms with Gasteiger partial charge in [-0.05, 0) is 47.9 Å². The summed E-state index contributed by atoms with van der Waals surface area (Å²) in [5, 5.41) is 1.15. The second kappa shape index (κ2) is 5.96. The van der Waals surface area contributed by atoms with Crippen molar-refractivity contribution in [2.24, 2.45) is 0 Å². The lowest BCUT2D eigenvalue weighted by molar-refractivity contribution is 1.14. The van der Waals surface area contributed by atoms with Crippen LogP contribution in [-0.4, -0.2) is 0 Å². The molecule has 0 bridgehead atoms. The molecular formula is C14H10Br2Cl2. The average molecular weight is 409 g/mol. The minimum atomic E-state index is 0.102. The van der Waals surface area contributed by atoms with Gasteiger partial charge in [-0.1, -0.05) is 67.2 Å². The van der Waals surface area contributed by atoms with Crippen LogP contribution in [0.5, 0.6) is 0 Å². The first-order chi connectivity index (χ1) is 8.49. The van der Waals surface area contributed by atoms with E-state index in [-0.39, 0.29) is 4.83 Å². The third-order valence-electron chi connectivity index (χ3n) is 2.75. The second-order valence-electron chi connectivity index (χ2n) is 4.04. The zero-order valence-electron chi connectivity index (χ0n) is 9.55. The molecule has 0 aromatic heterocycles. The van der Waals surface area contributed by atoms with Crippen molar-refractivity contribution in [1.82, 2.24) is 0 Å². The van der Waals surface area contributed by atoms with Crippen molar-refractivity contribution in [3.05, 3.63) is 67.6 Å². The van der Waals surface area contributed by atoms with Gasteiger partial charge in [0.15, 0.2) is 0 Å². The number of hydrogen-bond donors (Lipinski definition) is 0. The molecule has 4 heteroatoms. The SMILES string of the molecule is Cc1ccc(Br)cc1C(Br)c1ccc(Cl)c(Cl)c1. The normalized spacial score (nSPS) is 12.5. The average Bonchev–Trinajstić information content (AvgIpc) is 2.35. The Morgan fingerprint density at radius 1 is 1.00 bits per heavy atom. The van der Waals surface area contributed by atoms with E-state index < -0.39 is 0 Å². The van der Waals surface area contributed by atoms with Gasteiger partial charge in [-0.25, -0.2) is 0 Å². The molecule has 94 valence electrons. The minimum Gasteiger partial charge on any atom is -0.0827 e. The molecule has 0 saturated carbocycles. The maximum Gasteiger partial charge on any atom is 0.0648 e. The molecule has 18 heavy (non-hydrogen) atoms. The second-order valence-corrected chi connectivity index (χ2v) is 6.68. The summed E-state index contributed by atoms with van der Waals surface area (Å²) in [6.07, 6.45) is 0. The van der Waals surface area contributed by atoms with E-state index in [2.05, 4.69) is 50.9 Å². The lowest BCUT2D eigenvalue weighted by atomic mass is 10.0. The molecule has 2 rings (SSSR count). The van der Waals surface area contributed by atoms with Crippen LogP contribution < -0.4 is 0 Å². The van der Waals surface area contributed by atoms with Gasteiger partial charge in [0.2, 0.25) is 0 Å². The predicted octanol–water partition coefficient (Wildman–Crippen LogP) is 6.55. The fourth-order valence-electron chi connectivity index (χ4n) is 1.73. The first-order valence-electron chi connectivity index (χ1n) is 5.34. The molecule has 0 aliphatic rings. The number of alkyl halides is 1. The van der Waals surface area contributed by atoms with Crippen LogP contribution in [-0.2, 0) is 0 Å². The van der Waals surface area contributed by atoms with Crippen LogP contribution in [0.4, 0.5) is 0 Å². The highest BCUT2D eigenvalue weighted by molar-refractivity contribution is 9.10. The number of halogens is 4. The Morgan fingerprint density at radius 3 is 2.39 bits per heavy atom. The molecule has 0 aliphatic heterocycles. The van der Waals surface area contributed by atoms with Crippen LogP contribution in [0.25, 0.3) is 0 Å². The summed E-state index contributed by atoms with van der Waals surface area (Å²) >= 11 is 19.2. The Morgan fingerprint density at radius 2 is 1.72 bits per heavy atom. The summed E-state index contributed by atoms with van der Waals surface area (Å²) in [6.45, 7) is 2.09. The topological polar surface area (TPSA) is 0 Å². The van der Waals surface area contributed by atoms with Crippen LogP contribution in [0.15, 0.2) is 40.9 Å². The van der Waals surface area contributed by atoms with Gasteiger partial charge in [0.05, 0.1) is 14.9 Å². The molecular weight excluding hydrogens is 399 g/mol. The van der Waals surface area contributed by atoms with E-state index >= 15 is 0 Å². The van der Waals surface area contributed by atoms with Crippen LogP contribution in [0.3, 0.4) is 0 Å². The summed E-state index contributed by atoms with van der Waals surface area (Å²) in [7, 11) is 0. The standard InChI is InChI=1S/C14H10Br2Cl2/c1-8-2-4-10(15)7-11(8)14(16)9-3-5-12(17)13(18)6-9/h2-7,14H,1H3. The summed E-state index contributed by atoms with van der Waals surface area (Å²) in [4.78, 5) is 0.102. The largest absolute Gasteiger partial charge is 0.0827 e. The monoisotopic (exact) mass is 406 g/mol. The molecule has 0 fully saturated rings. The summed E-state index contributed by atoms with van der Waals surface area (Å²) in [5.74, 6) is 0. The van der Waals surface area contributed by atoms with Crippen molar-refractivity contribution in [3.8, 4) is 0 Å². The molecule has 1 atom stereocenters. The van der Waals surface area contributed by atoms with E-state index in [0.29, 0.717) is 10.0 Å². The van der Waals surface area contributed by atoms with Crippen LogP contribution >= 0.6 is 55.1 Å². The Bertz CT molecular complexity index is 582. The lowest BCUT2D eigenvalue weighted by Gasteiger charge is -2.14. The van der Waals surface area contributed by atoms with Crippen LogP contribution in [0.2, 0.25) is 10.0 Å². The lowest BCUT2D eigenvalue weighted by Crippen LogP contribution is -1.96. The van der Waals surface area contributed by atoms with E-state index in [0.717, 1.165) is 10.0 Å². The molecule has 2 aromatic rings. The maximum atomic E-state index is 6.05. The Labute approximate surface area is 134 Å². The van der Waals surface area contributed by atoms with Crippen molar-refractivity contribution < 1.29 is 0 Å². The molecule has 0 saturated heterocycles. The third kappa shape index (κ3) is 3.11. The molecule has 0 amide bonds. The van der Waals surface area contributed by atoms with Crippen LogP contribution in [0, 0.1) is 6.92 Å². The highest BCUT2D eigenvalue weighted by Crippen LogP contribution is 2.36. The molecule has 2 aromatic carbocycles. The van der Waals surface area contributed by atoms with Crippen molar-refractivity contribution in [2.75, 3.05) is 0 Å². The first kappa shape index (κ1) is 14.4. The Balaban J connectivity index is 2.44. The van der Waals surface area contributed by atoms with Gasteiger partial charge in [0, 0.05) is 4.47 Å². The fourth-order valence-corrected chi connectivity index (χ4v) is 3.20. The molecule has 1 unspecified atom stereocenters. The smallest absolute Gasteiger partial charge is 0.0648 e.